The van der Waals surface area contributed by atoms with Crippen molar-refractivity contribution in [3.05, 3.63) is 0 Å². The smallest absolute Gasteiger partial charge is 0.247 e. The molecule has 0 N–H and O–H groups in total. The van der Waals surface area contributed by atoms with Crippen molar-refractivity contribution in [2.75, 3.05) is 13.1 Å². The van der Waals surface area contributed by atoms with Gasteiger partial charge in [0.1, 0.15) is 0 Å². The normalized spacial score (nSPS) is 47.0. The van der Waals surface area contributed by atoms with E-state index >= 15 is 0 Å². The lowest BCUT2D eigenvalue weighted by Crippen LogP contribution is -2.17. The highest BCUT2D eigenvalue weighted by Gasteiger charge is 2.71. The first-order chi connectivity index (χ1) is 4.12. The first-order valence-electron chi connectivity index (χ1n) is 2.91. The van der Waals surface area contributed by atoms with Crippen molar-refractivity contribution in [3.63, 3.8) is 0 Å². The number of hydrogen-bond acceptors (Lipinski definition) is 1. The zero-order valence-corrected chi connectivity index (χ0v) is 6.81. The van der Waals surface area contributed by atoms with Crippen molar-refractivity contribution in [3.8, 4) is 0 Å². The Morgan fingerprint density at radius 1 is 1.33 bits per heavy atom. The number of rotatable bonds is 0. The summed E-state index contributed by atoms with van der Waals surface area (Å²) in [5.74, 6) is -2.93. The van der Waals surface area contributed by atoms with Crippen LogP contribution < -0.4 is 0 Å². The Hall–Kier alpha value is 0.550. The zero-order chi connectivity index (χ0) is 6.65. The van der Waals surface area contributed by atoms with E-state index in [-0.39, 0.29) is 11.8 Å². The van der Waals surface area contributed by atoms with Gasteiger partial charge in [-0.25, -0.2) is 11.9 Å². The van der Waals surface area contributed by atoms with Gasteiger partial charge >= 0.3 is 0 Å². The maximum Gasteiger partial charge on any atom is 0.257 e. The predicted molar refractivity (Wildman–Crippen MR) is 37.5 cm³/mol. The highest BCUT2D eigenvalue weighted by molar-refractivity contribution is 14.1. The van der Waals surface area contributed by atoms with Crippen molar-refractivity contribution in [2.45, 2.75) is 5.92 Å². The molecule has 4 heteroatoms. The molecule has 1 aliphatic heterocycles. The molecule has 0 bridgehead atoms. The molecule has 1 saturated heterocycles. The number of alkyl halides is 2. The molecule has 1 aliphatic carbocycles. The number of halogens is 3. The molecule has 1 saturated carbocycles. The number of nitrogens with zero attached hydrogens (tertiary/aromatic N) is 1. The molecule has 2 aliphatic rings. The third-order valence-electron chi connectivity index (χ3n) is 2.15. The Labute approximate surface area is 65.9 Å². The summed E-state index contributed by atoms with van der Waals surface area (Å²) in [7, 11) is 0. The van der Waals surface area contributed by atoms with E-state index in [9.17, 15) is 8.78 Å². The first-order valence-corrected chi connectivity index (χ1v) is 3.87. The summed E-state index contributed by atoms with van der Waals surface area (Å²) in [4.78, 5) is 0. The number of piperidine rings is 1. The Balaban J connectivity index is 2.06. The van der Waals surface area contributed by atoms with Crippen LogP contribution in [-0.4, -0.2) is 22.1 Å². The van der Waals surface area contributed by atoms with Crippen LogP contribution in [0.2, 0.25) is 0 Å². The minimum Gasteiger partial charge on any atom is -0.247 e. The quantitative estimate of drug-likeness (QED) is 0.462. The SMILES string of the molecule is FC1(F)C2CN(I)CC21. The molecule has 2 rings (SSSR count). The molecule has 2 atom stereocenters. The second-order valence-corrected chi connectivity index (χ2v) is 4.08. The highest BCUT2D eigenvalue weighted by atomic mass is 127. The van der Waals surface area contributed by atoms with Gasteiger partial charge in [-0.3, -0.25) is 0 Å². The minimum atomic E-state index is -2.30. The summed E-state index contributed by atoms with van der Waals surface area (Å²) < 4.78 is 26.7. The Morgan fingerprint density at radius 2 is 1.78 bits per heavy atom. The van der Waals surface area contributed by atoms with Crippen molar-refractivity contribution < 1.29 is 8.78 Å². The molecular formula is C5H6F2IN. The molecule has 0 aromatic heterocycles. The molecular weight excluding hydrogens is 239 g/mol. The van der Waals surface area contributed by atoms with Crippen LogP contribution in [0.3, 0.4) is 0 Å². The molecule has 0 aromatic carbocycles. The summed E-state index contributed by atoms with van der Waals surface area (Å²) in [6, 6.07) is 0. The summed E-state index contributed by atoms with van der Waals surface area (Å²) in [5, 5.41) is 0. The van der Waals surface area contributed by atoms with Crippen LogP contribution in [0.25, 0.3) is 0 Å². The highest BCUT2D eigenvalue weighted by Crippen LogP contribution is 2.59. The molecule has 0 radical (unpaired) electrons. The summed E-state index contributed by atoms with van der Waals surface area (Å²) in [5.41, 5.74) is 0. The standard InChI is InChI=1S/C5H6F2IN/c6-5(7)3-1-9(8)2-4(3)5/h3-4H,1-2H2. The lowest BCUT2D eigenvalue weighted by Gasteiger charge is -2.08. The topological polar surface area (TPSA) is 3.24 Å². The monoisotopic (exact) mass is 245 g/mol. The summed E-state index contributed by atoms with van der Waals surface area (Å²) in [6.45, 7) is 1.16. The Morgan fingerprint density at radius 3 is 2.11 bits per heavy atom. The van der Waals surface area contributed by atoms with Crippen LogP contribution in [0.4, 0.5) is 8.78 Å². The van der Waals surface area contributed by atoms with E-state index in [0.29, 0.717) is 13.1 Å². The molecule has 0 spiro atoms. The van der Waals surface area contributed by atoms with Gasteiger partial charge in [-0.2, -0.15) is 0 Å². The van der Waals surface area contributed by atoms with E-state index in [1.807, 2.05) is 3.11 Å². The molecule has 0 amide bonds. The molecule has 1 heterocycles. The largest absolute Gasteiger partial charge is 0.257 e. The van der Waals surface area contributed by atoms with Gasteiger partial charge in [0.05, 0.1) is 0 Å². The van der Waals surface area contributed by atoms with E-state index in [4.69, 9.17) is 0 Å². The molecule has 2 unspecified atom stereocenters. The van der Waals surface area contributed by atoms with Gasteiger partial charge in [-0.15, -0.1) is 0 Å². The minimum absolute atomic E-state index is 0.311. The van der Waals surface area contributed by atoms with Gasteiger partial charge < -0.3 is 0 Å². The third-order valence-corrected chi connectivity index (χ3v) is 2.94. The van der Waals surface area contributed by atoms with Crippen LogP contribution in [0, 0.1) is 11.8 Å². The average molecular weight is 245 g/mol. The fraction of sp³-hybridized carbons (Fsp3) is 1.00. The van der Waals surface area contributed by atoms with Crippen LogP contribution >= 0.6 is 22.9 Å². The molecule has 9 heavy (non-hydrogen) atoms. The maximum atomic E-state index is 12.4. The second-order valence-electron chi connectivity index (χ2n) is 2.72. The maximum absolute atomic E-state index is 12.4. The van der Waals surface area contributed by atoms with E-state index in [1.54, 1.807) is 0 Å². The van der Waals surface area contributed by atoms with Gasteiger partial charge in [0.25, 0.3) is 5.92 Å². The van der Waals surface area contributed by atoms with Gasteiger partial charge in [0, 0.05) is 47.8 Å². The average Bonchev–Trinajstić information content (AvgIpc) is 2.27. The van der Waals surface area contributed by atoms with E-state index in [0.717, 1.165) is 0 Å². The van der Waals surface area contributed by atoms with Gasteiger partial charge in [0.15, 0.2) is 0 Å². The summed E-state index contributed by atoms with van der Waals surface area (Å²) in [6.07, 6.45) is 0. The third kappa shape index (κ3) is 0.721. The number of hydrogen-bond donors (Lipinski definition) is 0. The molecule has 2 fully saturated rings. The van der Waals surface area contributed by atoms with E-state index in [1.165, 1.54) is 0 Å². The molecule has 52 valence electrons. The van der Waals surface area contributed by atoms with Crippen LogP contribution in [0.15, 0.2) is 0 Å². The van der Waals surface area contributed by atoms with Gasteiger partial charge in [-0.1, -0.05) is 0 Å². The fourth-order valence-corrected chi connectivity index (χ4v) is 2.31. The predicted octanol–water partition coefficient (Wildman–Crippen LogP) is 1.53. The lowest BCUT2D eigenvalue weighted by atomic mass is 10.4. The molecule has 1 nitrogen and oxygen atoms in total. The van der Waals surface area contributed by atoms with Crippen molar-refractivity contribution in [1.82, 2.24) is 3.11 Å². The van der Waals surface area contributed by atoms with Gasteiger partial charge in [-0.05, 0) is 0 Å². The lowest BCUT2D eigenvalue weighted by molar-refractivity contribution is 0.0693. The first kappa shape index (κ1) is 6.27. The van der Waals surface area contributed by atoms with Crippen LogP contribution in [0.5, 0.6) is 0 Å². The van der Waals surface area contributed by atoms with Crippen molar-refractivity contribution in [1.29, 1.82) is 0 Å². The second kappa shape index (κ2) is 1.58. The van der Waals surface area contributed by atoms with Crippen LogP contribution in [-0.2, 0) is 0 Å². The molecule has 0 aromatic rings. The fourth-order valence-electron chi connectivity index (χ4n) is 1.46. The Bertz CT molecular complexity index is 136. The van der Waals surface area contributed by atoms with E-state index < -0.39 is 5.92 Å². The number of fused-ring (bicyclic) bond motifs is 1. The zero-order valence-electron chi connectivity index (χ0n) is 4.65. The van der Waals surface area contributed by atoms with Gasteiger partial charge in [0.2, 0.25) is 0 Å². The summed E-state index contributed by atoms with van der Waals surface area (Å²) >= 11 is 2.09. The Kier molecular flexibility index (Phi) is 1.10. The van der Waals surface area contributed by atoms with E-state index in [2.05, 4.69) is 22.9 Å². The van der Waals surface area contributed by atoms with Crippen LogP contribution in [0.1, 0.15) is 0 Å². The van der Waals surface area contributed by atoms with Crippen molar-refractivity contribution in [2.24, 2.45) is 11.8 Å². The van der Waals surface area contributed by atoms with Crippen molar-refractivity contribution >= 4 is 22.9 Å².